The molecule has 0 aromatic carbocycles. The minimum Gasteiger partial charge on any atom is -0.480 e. The average Bonchev–Trinajstić information content (AvgIpc) is 2.61. The summed E-state index contributed by atoms with van der Waals surface area (Å²) in [6.45, 7) is 4.05. The van der Waals surface area contributed by atoms with E-state index < -0.39 is 66.8 Å². The number of carbonyl (C=O) groups is 5. The molecule has 0 saturated carbocycles. The second kappa shape index (κ2) is 11.9. The van der Waals surface area contributed by atoms with Crippen LogP contribution < -0.4 is 27.4 Å². The number of hydrogen-bond acceptors (Lipinski definition) is 7. The molecule has 0 aliphatic rings. The van der Waals surface area contributed by atoms with Gasteiger partial charge in [-0.2, -0.15) is 0 Å². The third-order valence-electron chi connectivity index (χ3n) is 4.07. The Bertz CT molecular complexity index is 596. The van der Waals surface area contributed by atoms with Crippen molar-refractivity contribution in [3.8, 4) is 0 Å². The first-order valence-corrected chi connectivity index (χ1v) is 8.72. The van der Waals surface area contributed by atoms with Crippen LogP contribution >= 0.6 is 0 Å². The summed E-state index contributed by atoms with van der Waals surface area (Å²) >= 11 is 0. The number of aliphatic hydroxyl groups is 1. The second-order valence-corrected chi connectivity index (χ2v) is 6.48. The third-order valence-corrected chi connectivity index (χ3v) is 4.07. The average molecular weight is 403 g/mol. The van der Waals surface area contributed by atoms with Gasteiger partial charge in [0.15, 0.2) is 0 Å². The number of nitrogens with two attached hydrogens (primary N) is 2. The Hall–Kier alpha value is -2.73. The fourth-order valence-electron chi connectivity index (χ4n) is 2.13. The molecule has 28 heavy (non-hydrogen) atoms. The molecule has 0 rings (SSSR count). The van der Waals surface area contributed by atoms with Crippen molar-refractivity contribution in [2.75, 3.05) is 6.54 Å². The van der Waals surface area contributed by atoms with Gasteiger partial charge in [-0.05, 0) is 12.8 Å². The van der Waals surface area contributed by atoms with Crippen LogP contribution in [0.1, 0.15) is 33.6 Å². The quantitative estimate of drug-likeness (QED) is 0.175. The van der Waals surface area contributed by atoms with Gasteiger partial charge in [0.1, 0.15) is 24.7 Å². The zero-order chi connectivity index (χ0) is 22.0. The topological polar surface area (TPSA) is 214 Å². The number of aliphatic carboxylic acids is 1. The number of rotatable bonds is 12. The van der Waals surface area contributed by atoms with E-state index >= 15 is 0 Å². The van der Waals surface area contributed by atoms with Crippen molar-refractivity contribution in [1.29, 1.82) is 0 Å². The molecule has 5 atom stereocenters. The fraction of sp³-hybridized carbons (Fsp3) is 0.688. The van der Waals surface area contributed by atoms with Gasteiger partial charge in [0, 0.05) is 0 Å². The predicted molar refractivity (Wildman–Crippen MR) is 97.4 cm³/mol. The molecule has 0 heterocycles. The normalized spacial score (nSPS) is 16.0. The van der Waals surface area contributed by atoms with Gasteiger partial charge in [0.25, 0.3) is 0 Å². The van der Waals surface area contributed by atoms with Crippen molar-refractivity contribution >= 4 is 29.6 Å². The number of nitrogens with one attached hydrogen (secondary N) is 3. The molecular formula is C16H29N5O7. The Kier molecular flexibility index (Phi) is 10.7. The molecule has 12 nitrogen and oxygen atoms in total. The SMILES string of the molecule is CCC(C)C(NC(=O)C(N)C(C)O)C(=O)NC(CC(N)=O)C(=O)NCC(=O)O. The van der Waals surface area contributed by atoms with Crippen molar-refractivity contribution in [1.82, 2.24) is 16.0 Å². The molecular weight excluding hydrogens is 374 g/mol. The molecule has 0 aromatic heterocycles. The van der Waals surface area contributed by atoms with Crippen molar-refractivity contribution in [2.24, 2.45) is 17.4 Å². The maximum absolute atomic E-state index is 12.6. The standard InChI is InChI=1S/C16H29N5O7/c1-4-7(2)13(21-15(27)12(18)8(3)22)16(28)20-9(5-10(17)23)14(26)19-6-11(24)25/h7-9,12-13,22H,4-6,18H2,1-3H3,(H2,17,23)(H,19,26)(H,20,28)(H,21,27)(H,24,25). The minimum absolute atomic E-state index is 0.374. The van der Waals surface area contributed by atoms with E-state index in [9.17, 15) is 29.1 Å². The maximum atomic E-state index is 12.6. The molecule has 0 fully saturated rings. The van der Waals surface area contributed by atoms with E-state index in [1.165, 1.54) is 6.92 Å². The summed E-state index contributed by atoms with van der Waals surface area (Å²) < 4.78 is 0. The highest BCUT2D eigenvalue weighted by Crippen LogP contribution is 2.09. The van der Waals surface area contributed by atoms with E-state index in [1.54, 1.807) is 13.8 Å². The highest BCUT2D eigenvalue weighted by molar-refractivity contribution is 5.95. The molecule has 4 amide bonds. The van der Waals surface area contributed by atoms with Gasteiger partial charge in [0.05, 0.1) is 12.5 Å². The highest BCUT2D eigenvalue weighted by Gasteiger charge is 2.32. The van der Waals surface area contributed by atoms with Crippen molar-refractivity contribution in [3.05, 3.63) is 0 Å². The van der Waals surface area contributed by atoms with Gasteiger partial charge in [-0.25, -0.2) is 0 Å². The molecule has 9 N–H and O–H groups in total. The van der Waals surface area contributed by atoms with Crippen LogP contribution in [0.5, 0.6) is 0 Å². The number of aliphatic hydroxyl groups excluding tert-OH is 1. The van der Waals surface area contributed by atoms with Gasteiger partial charge < -0.3 is 37.6 Å². The van der Waals surface area contributed by atoms with Crippen LogP contribution in [0, 0.1) is 5.92 Å². The summed E-state index contributed by atoms with van der Waals surface area (Å²) in [5, 5.41) is 24.8. The first-order valence-electron chi connectivity index (χ1n) is 8.72. The van der Waals surface area contributed by atoms with E-state index in [0.717, 1.165) is 0 Å². The van der Waals surface area contributed by atoms with Crippen LogP contribution in [0.25, 0.3) is 0 Å². The van der Waals surface area contributed by atoms with E-state index in [2.05, 4.69) is 10.6 Å². The lowest BCUT2D eigenvalue weighted by molar-refractivity contribution is -0.139. The summed E-state index contributed by atoms with van der Waals surface area (Å²) in [6, 6.07) is -3.79. The number of carbonyl (C=O) groups excluding carboxylic acids is 4. The largest absolute Gasteiger partial charge is 0.480 e. The van der Waals surface area contributed by atoms with E-state index in [-0.39, 0.29) is 5.92 Å². The zero-order valence-electron chi connectivity index (χ0n) is 16.1. The van der Waals surface area contributed by atoms with Gasteiger partial charge in [-0.1, -0.05) is 20.3 Å². The predicted octanol–water partition coefficient (Wildman–Crippen LogP) is -3.21. The number of hydrogen-bond donors (Lipinski definition) is 7. The first-order chi connectivity index (χ1) is 12.9. The molecule has 0 bridgehead atoms. The Morgan fingerprint density at radius 3 is 2.00 bits per heavy atom. The Morgan fingerprint density at radius 2 is 1.57 bits per heavy atom. The number of carboxylic acid groups (broad SMARTS) is 1. The summed E-state index contributed by atoms with van der Waals surface area (Å²) in [4.78, 5) is 58.6. The molecule has 0 saturated heterocycles. The van der Waals surface area contributed by atoms with Crippen LogP contribution in [0.4, 0.5) is 0 Å². The third kappa shape index (κ3) is 8.77. The van der Waals surface area contributed by atoms with Gasteiger partial charge in [0.2, 0.25) is 23.6 Å². The Labute approximate surface area is 162 Å². The monoisotopic (exact) mass is 403 g/mol. The molecule has 0 aromatic rings. The van der Waals surface area contributed by atoms with Crippen LogP contribution in [0.3, 0.4) is 0 Å². The Morgan fingerprint density at radius 1 is 1.00 bits per heavy atom. The second-order valence-electron chi connectivity index (χ2n) is 6.48. The molecule has 5 unspecified atom stereocenters. The lowest BCUT2D eigenvalue weighted by Gasteiger charge is -2.27. The first kappa shape index (κ1) is 25.3. The highest BCUT2D eigenvalue weighted by atomic mass is 16.4. The van der Waals surface area contributed by atoms with Crippen LogP contribution in [0.15, 0.2) is 0 Å². The molecule has 160 valence electrons. The molecule has 0 spiro atoms. The van der Waals surface area contributed by atoms with Crippen molar-refractivity contribution in [3.63, 3.8) is 0 Å². The maximum Gasteiger partial charge on any atom is 0.322 e. The van der Waals surface area contributed by atoms with Gasteiger partial charge in [-0.3, -0.25) is 24.0 Å². The number of primary amides is 1. The lowest BCUT2D eigenvalue weighted by Crippen LogP contribution is -2.59. The van der Waals surface area contributed by atoms with Gasteiger partial charge in [-0.15, -0.1) is 0 Å². The number of amides is 4. The summed E-state index contributed by atoms with van der Waals surface area (Å²) in [6.07, 6.45) is -1.23. The minimum atomic E-state index is -1.42. The molecule has 12 heteroatoms. The van der Waals surface area contributed by atoms with E-state index in [4.69, 9.17) is 16.6 Å². The molecule has 0 aliphatic carbocycles. The lowest BCUT2D eigenvalue weighted by atomic mass is 9.97. The van der Waals surface area contributed by atoms with Crippen molar-refractivity contribution < 1.29 is 34.2 Å². The summed E-state index contributed by atoms with van der Waals surface area (Å²) in [7, 11) is 0. The summed E-state index contributed by atoms with van der Waals surface area (Å²) in [5.41, 5.74) is 10.6. The number of carboxylic acids is 1. The van der Waals surface area contributed by atoms with E-state index in [0.29, 0.717) is 6.42 Å². The summed E-state index contributed by atoms with van der Waals surface area (Å²) in [5.74, 6) is -5.04. The van der Waals surface area contributed by atoms with Gasteiger partial charge >= 0.3 is 5.97 Å². The zero-order valence-corrected chi connectivity index (χ0v) is 16.1. The molecule has 0 aliphatic heterocycles. The Balaban J connectivity index is 5.34. The smallest absolute Gasteiger partial charge is 0.322 e. The van der Waals surface area contributed by atoms with Crippen LogP contribution in [-0.4, -0.2) is 70.6 Å². The molecule has 0 radical (unpaired) electrons. The van der Waals surface area contributed by atoms with E-state index in [1.807, 2.05) is 5.32 Å². The van der Waals surface area contributed by atoms with Crippen molar-refractivity contribution in [2.45, 2.75) is 57.8 Å². The van der Waals surface area contributed by atoms with Crippen LogP contribution in [-0.2, 0) is 24.0 Å². The fourth-order valence-corrected chi connectivity index (χ4v) is 2.13. The van der Waals surface area contributed by atoms with Crippen LogP contribution in [0.2, 0.25) is 0 Å².